The Kier molecular flexibility index (Phi) is 4.34. The highest BCUT2D eigenvalue weighted by atomic mass is 35.5. The maximum Gasteiger partial charge on any atom is 0.0406 e. The zero-order chi connectivity index (χ0) is 13.2. The molecule has 0 aliphatic carbocycles. The van der Waals surface area contributed by atoms with Crippen LogP contribution in [-0.4, -0.2) is 18.0 Å². The fourth-order valence-corrected chi connectivity index (χ4v) is 2.88. The molecule has 100 valence electrons. The molecule has 0 N–H and O–H groups in total. The van der Waals surface area contributed by atoms with Crippen LogP contribution in [0.2, 0.25) is 5.02 Å². The van der Waals surface area contributed by atoms with E-state index >= 15 is 0 Å². The first-order chi connectivity index (χ1) is 8.45. The van der Waals surface area contributed by atoms with E-state index in [1.54, 1.807) is 0 Å². The molecule has 2 rings (SSSR count). The summed E-state index contributed by atoms with van der Waals surface area (Å²) < 4.78 is 0. The van der Waals surface area contributed by atoms with Crippen molar-refractivity contribution in [3.8, 4) is 0 Å². The molecule has 0 aromatic heterocycles. The van der Waals surface area contributed by atoms with Crippen molar-refractivity contribution in [2.45, 2.75) is 40.2 Å². The predicted octanol–water partition coefficient (Wildman–Crippen LogP) is 4.60. The van der Waals surface area contributed by atoms with E-state index in [2.05, 4.69) is 37.8 Å². The number of likely N-dealkylation sites (tertiary alicyclic amines) is 1. The molecular formula is C16H24ClN. The molecule has 1 atom stereocenters. The van der Waals surface area contributed by atoms with Gasteiger partial charge >= 0.3 is 0 Å². The summed E-state index contributed by atoms with van der Waals surface area (Å²) in [6.45, 7) is 10.6. The van der Waals surface area contributed by atoms with Gasteiger partial charge in [0.1, 0.15) is 0 Å². The molecule has 0 radical (unpaired) electrons. The first kappa shape index (κ1) is 13.9. The van der Waals surface area contributed by atoms with E-state index in [1.165, 1.54) is 31.5 Å². The van der Waals surface area contributed by atoms with Crippen molar-refractivity contribution in [2.24, 2.45) is 11.3 Å². The highest BCUT2D eigenvalue weighted by Crippen LogP contribution is 2.33. The number of benzene rings is 1. The largest absolute Gasteiger partial charge is 0.299 e. The number of hydrogen-bond donors (Lipinski definition) is 0. The van der Waals surface area contributed by atoms with E-state index in [-0.39, 0.29) is 0 Å². The second kappa shape index (κ2) is 5.63. The predicted molar refractivity (Wildman–Crippen MR) is 78.9 cm³/mol. The molecule has 0 saturated carbocycles. The van der Waals surface area contributed by atoms with Gasteiger partial charge in [-0.05, 0) is 48.4 Å². The van der Waals surface area contributed by atoms with E-state index in [9.17, 15) is 0 Å². The van der Waals surface area contributed by atoms with Crippen LogP contribution in [0.4, 0.5) is 0 Å². The zero-order valence-electron chi connectivity index (χ0n) is 11.7. The summed E-state index contributed by atoms with van der Waals surface area (Å²) in [4.78, 5) is 2.59. The number of halogens is 1. The van der Waals surface area contributed by atoms with E-state index in [0.29, 0.717) is 5.41 Å². The van der Waals surface area contributed by atoms with E-state index in [1.807, 2.05) is 12.1 Å². The van der Waals surface area contributed by atoms with Crippen LogP contribution in [0.1, 0.15) is 39.2 Å². The quantitative estimate of drug-likeness (QED) is 0.756. The SMILES string of the molecule is CC(C)(C)C1CCCN(Cc2ccc(Cl)cc2)C1. The van der Waals surface area contributed by atoms with Gasteiger partial charge in [-0.25, -0.2) is 0 Å². The van der Waals surface area contributed by atoms with Gasteiger partial charge in [-0.1, -0.05) is 44.5 Å². The van der Waals surface area contributed by atoms with Gasteiger partial charge < -0.3 is 0 Å². The molecule has 2 heteroatoms. The van der Waals surface area contributed by atoms with Crippen LogP contribution in [-0.2, 0) is 6.54 Å². The van der Waals surface area contributed by atoms with Gasteiger partial charge in [-0.15, -0.1) is 0 Å². The van der Waals surface area contributed by atoms with Crippen LogP contribution in [0.3, 0.4) is 0 Å². The molecule has 1 fully saturated rings. The average molecular weight is 266 g/mol. The van der Waals surface area contributed by atoms with Crippen LogP contribution < -0.4 is 0 Å². The monoisotopic (exact) mass is 265 g/mol. The van der Waals surface area contributed by atoms with E-state index in [0.717, 1.165) is 17.5 Å². The first-order valence-electron chi connectivity index (χ1n) is 6.92. The summed E-state index contributed by atoms with van der Waals surface area (Å²) in [6.07, 6.45) is 2.70. The highest BCUT2D eigenvalue weighted by molar-refractivity contribution is 6.30. The van der Waals surface area contributed by atoms with Gasteiger partial charge in [-0.3, -0.25) is 4.90 Å². The van der Waals surface area contributed by atoms with E-state index in [4.69, 9.17) is 11.6 Å². The lowest BCUT2D eigenvalue weighted by Gasteiger charge is -2.39. The minimum atomic E-state index is 0.429. The van der Waals surface area contributed by atoms with Crippen molar-refractivity contribution in [2.75, 3.05) is 13.1 Å². The maximum absolute atomic E-state index is 5.92. The molecule has 1 nitrogen and oxygen atoms in total. The third kappa shape index (κ3) is 3.73. The Morgan fingerprint density at radius 2 is 1.89 bits per heavy atom. The van der Waals surface area contributed by atoms with Crippen molar-refractivity contribution >= 4 is 11.6 Å². The first-order valence-corrected chi connectivity index (χ1v) is 7.30. The van der Waals surface area contributed by atoms with Crippen molar-refractivity contribution < 1.29 is 0 Å². The third-order valence-electron chi connectivity index (χ3n) is 4.05. The second-order valence-corrected chi connectivity index (χ2v) is 7.00. The third-order valence-corrected chi connectivity index (χ3v) is 4.30. The smallest absolute Gasteiger partial charge is 0.0406 e. The van der Waals surface area contributed by atoms with Crippen LogP contribution in [0.15, 0.2) is 24.3 Å². The van der Waals surface area contributed by atoms with Crippen LogP contribution in [0.5, 0.6) is 0 Å². The Balaban J connectivity index is 1.95. The molecule has 1 aromatic carbocycles. The number of piperidine rings is 1. The average Bonchev–Trinajstić information content (AvgIpc) is 2.31. The maximum atomic E-state index is 5.92. The summed E-state index contributed by atoms with van der Waals surface area (Å²) in [5.74, 6) is 0.818. The van der Waals surface area contributed by atoms with Crippen LogP contribution >= 0.6 is 11.6 Å². The van der Waals surface area contributed by atoms with E-state index < -0.39 is 0 Å². The molecule has 0 bridgehead atoms. The summed E-state index contributed by atoms with van der Waals surface area (Å²) in [6, 6.07) is 8.26. The minimum absolute atomic E-state index is 0.429. The van der Waals surface area contributed by atoms with Gasteiger partial charge in [0.2, 0.25) is 0 Å². The van der Waals surface area contributed by atoms with Crippen molar-refractivity contribution in [1.82, 2.24) is 4.90 Å². The van der Waals surface area contributed by atoms with Crippen molar-refractivity contribution in [1.29, 1.82) is 0 Å². The molecule has 1 heterocycles. The minimum Gasteiger partial charge on any atom is -0.299 e. The fraction of sp³-hybridized carbons (Fsp3) is 0.625. The number of nitrogens with zero attached hydrogens (tertiary/aromatic N) is 1. The molecule has 18 heavy (non-hydrogen) atoms. The van der Waals surface area contributed by atoms with Gasteiger partial charge in [0.25, 0.3) is 0 Å². The lowest BCUT2D eigenvalue weighted by atomic mass is 9.76. The molecule has 1 unspecified atom stereocenters. The lowest BCUT2D eigenvalue weighted by Crippen LogP contribution is -2.40. The molecule has 0 amide bonds. The molecule has 1 saturated heterocycles. The summed E-state index contributed by atoms with van der Waals surface area (Å²) in [5, 5.41) is 0.824. The molecule has 1 aromatic rings. The highest BCUT2D eigenvalue weighted by Gasteiger charge is 2.29. The molecule has 1 aliphatic rings. The number of hydrogen-bond acceptors (Lipinski definition) is 1. The Morgan fingerprint density at radius 3 is 2.50 bits per heavy atom. The topological polar surface area (TPSA) is 3.24 Å². The zero-order valence-corrected chi connectivity index (χ0v) is 12.5. The summed E-state index contributed by atoms with van der Waals surface area (Å²) in [5.41, 5.74) is 1.80. The van der Waals surface area contributed by atoms with Gasteiger partial charge in [-0.2, -0.15) is 0 Å². The van der Waals surface area contributed by atoms with Crippen molar-refractivity contribution in [3.63, 3.8) is 0 Å². The Hall–Kier alpha value is -0.530. The summed E-state index contributed by atoms with van der Waals surface area (Å²) in [7, 11) is 0. The summed E-state index contributed by atoms with van der Waals surface area (Å²) >= 11 is 5.92. The molecule has 1 aliphatic heterocycles. The van der Waals surface area contributed by atoms with Gasteiger partial charge in [0, 0.05) is 18.1 Å². The molecule has 0 spiro atoms. The Bertz CT molecular complexity index is 377. The van der Waals surface area contributed by atoms with Gasteiger partial charge in [0.05, 0.1) is 0 Å². The standard InChI is InChI=1S/C16H24ClN/c1-16(2,3)14-5-4-10-18(12-14)11-13-6-8-15(17)9-7-13/h6-9,14H,4-5,10-12H2,1-3H3. The van der Waals surface area contributed by atoms with Crippen molar-refractivity contribution in [3.05, 3.63) is 34.9 Å². The second-order valence-electron chi connectivity index (χ2n) is 6.57. The molecular weight excluding hydrogens is 242 g/mol. The number of rotatable bonds is 2. The van der Waals surface area contributed by atoms with Gasteiger partial charge in [0.15, 0.2) is 0 Å². The Labute approximate surface area is 116 Å². The fourth-order valence-electron chi connectivity index (χ4n) is 2.75. The Morgan fingerprint density at radius 1 is 1.22 bits per heavy atom. The van der Waals surface area contributed by atoms with Crippen LogP contribution in [0.25, 0.3) is 0 Å². The lowest BCUT2D eigenvalue weighted by molar-refractivity contribution is 0.0943. The van der Waals surface area contributed by atoms with Crippen LogP contribution in [0, 0.1) is 11.3 Å². The normalized spacial score (nSPS) is 22.1.